The number of amides is 1. The summed E-state index contributed by atoms with van der Waals surface area (Å²) in [6.07, 6.45) is -2.30. The summed E-state index contributed by atoms with van der Waals surface area (Å²) in [7, 11) is 0. The Labute approximate surface area is 165 Å². The van der Waals surface area contributed by atoms with Gasteiger partial charge in [0.05, 0.1) is 5.69 Å². The largest absolute Gasteiger partial charge is 0.433 e. The first-order chi connectivity index (χ1) is 13.5. The van der Waals surface area contributed by atoms with E-state index in [2.05, 4.69) is 20.5 Å². The predicted molar refractivity (Wildman–Crippen MR) is 101 cm³/mol. The van der Waals surface area contributed by atoms with Crippen molar-refractivity contribution < 1.29 is 18.0 Å². The molecule has 0 radical (unpaired) electrons. The third-order valence-corrected chi connectivity index (χ3v) is 4.48. The lowest BCUT2D eigenvalue weighted by molar-refractivity contribution is -0.142. The van der Waals surface area contributed by atoms with E-state index in [0.717, 1.165) is 11.8 Å². The van der Waals surface area contributed by atoms with Gasteiger partial charge in [0, 0.05) is 36.5 Å². The van der Waals surface area contributed by atoms with E-state index in [9.17, 15) is 18.0 Å². The van der Waals surface area contributed by atoms with Crippen LogP contribution in [0.5, 0.6) is 0 Å². The quantitative estimate of drug-likeness (QED) is 0.657. The molecule has 0 aromatic carbocycles. The normalized spacial score (nSPS) is 12.5. The van der Waals surface area contributed by atoms with Crippen LogP contribution in [0.25, 0.3) is 5.65 Å². The van der Waals surface area contributed by atoms with Crippen LogP contribution in [-0.4, -0.2) is 36.8 Å². The first-order valence-corrected chi connectivity index (χ1v) is 9.22. The Morgan fingerprint density at radius 1 is 1.21 bits per heavy atom. The van der Waals surface area contributed by atoms with E-state index in [-0.39, 0.29) is 17.0 Å². The number of alkyl halides is 3. The van der Waals surface area contributed by atoms with Gasteiger partial charge in [-0.1, -0.05) is 20.8 Å². The van der Waals surface area contributed by atoms with Crippen LogP contribution in [0.1, 0.15) is 54.8 Å². The molecule has 0 saturated carbocycles. The highest BCUT2D eigenvalue weighted by Gasteiger charge is 2.36. The van der Waals surface area contributed by atoms with Crippen molar-refractivity contribution >= 4 is 11.6 Å². The van der Waals surface area contributed by atoms with E-state index in [1.807, 2.05) is 17.7 Å². The van der Waals surface area contributed by atoms with E-state index in [4.69, 9.17) is 0 Å². The minimum atomic E-state index is -4.62. The van der Waals surface area contributed by atoms with Crippen molar-refractivity contribution in [1.82, 2.24) is 29.7 Å². The number of rotatable bonds is 5. The second-order valence-electron chi connectivity index (χ2n) is 7.88. The zero-order valence-electron chi connectivity index (χ0n) is 16.7. The van der Waals surface area contributed by atoms with Crippen molar-refractivity contribution in [1.29, 1.82) is 0 Å². The standard InChI is InChI=1S/C19H23F3N6O/c1-12-6-8-24-27(12)9-5-7-23-17(29)13-10-16-25-14(18(2,3)4)11-15(19(20,21)22)28(16)26-13/h6,8,10-11H,5,7,9H2,1-4H3,(H,23,29). The number of hydrogen-bond donors (Lipinski definition) is 1. The summed E-state index contributed by atoms with van der Waals surface area (Å²) in [6.45, 7) is 8.23. The maximum Gasteiger partial charge on any atom is 0.433 e. The maximum absolute atomic E-state index is 13.5. The van der Waals surface area contributed by atoms with Crippen LogP contribution in [0.2, 0.25) is 0 Å². The number of carbonyl (C=O) groups is 1. The first-order valence-electron chi connectivity index (χ1n) is 9.22. The molecule has 0 aliphatic heterocycles. The van der Waals surface area contributed by atoms with Gasteiger partial charge in [-0.25, -0.2) is 9.50 Å². The van der Waals surface area contributed by atoms with Crippen molar-refractivity contribution in [3.8, 4) is 0 Å². The van der Waals surface area contributed by atoms with E-state index < -0.39 is 23.2 Å². The average molecular weight is 408 g/mol. The smallest absolute Gasteiger partial charge is 0.351 e. The number of hydrogen-bond acceptors (Lipinski definition) is 4. The summed E-state index contributed by atoms with van der Waals surface area (Å²) < 4.78 is 43.0. The highest BCUT2D eigenvalue weighted by molar-refractivity contribution is 5.93. The van der Waals surface area contributed by atoms with Crippen LogP contribution in [0.3, 0.4) is 0 Å². The molecule has 3 rings (SSSR count). The predicted octanol–water partition coefficient (Wildman–Crippen LogP) is 3.37. The van der Waals surface area contributed by atoms with Gasteiger partial charge in [-0.2, -0.15) is 23.4 Å². The second-order valence-corrected chi connectivity index (χ2v) is 7.88. The highest BCUT2D eigenvalue weighted by Crippen LogP contribution is 2.32. The van der Waals surface area contributed by atoms with Crippen molar-refractivity contribution in [2.24, 2.45) is 0 Å². The Balaban J connectivity index is 1.79. The first kappa shape index (κ1) is 20.8. The van der Waals surface area contributed by atoms with E-state index in [1.165, 1.54) is 6.07 Å². The topological polar surface area (TPSA) is 77.1 Å². The van der Waals surface area contributed by atoms with Crippen LogP contribution in [0, 0.1) is 6.92 Å². The molecule has 7 nitrogen and oxygen atoms in total. The highest BCUT2D eigenvalue weighted by atomic mass is 19.4. The summed E-state index contributed by atoms with van der Waals surface area (Å²) in [4.78, 5) is 16.6. The Morgan fingerprint density at radius 3 is 2.52 bits per heavy atom. The third kappa shape index (κ3) is 4.57. The molecular formula is C19H23F3N6O. The van der Waals surface area contributed by atoms with Crippen LogP contribution >= 0.6 is 0 Å². The van der Waals surface area contributed by atoms with Gasteiger partial charge in [-0.15, -0.1) is 0 Å². The second kappa shape index (κ2) is 7.49. The monoisotopic (exact) mass is 408 g/mol. The van der Waals surface area contributed by atoms with Gasteiger partial charge in [-0.05, 0) is 25.5 Å². The minimum absolute atomic E-state index is 0.0120. The summed E-state index contributed by atoms with van der Waals surface area (Å²) in [5.41, 5.74) is -0.373. The van der Waals surface area contributed by atoms with E-state index in [1.54, 1.807) is 27.0 Å². The molecule has 0 fully saturated rings. The summed E-state index contributed by atoms with van der Waals surface area (Å²) in [5.74, 6) is -0.543. The number of aryl methyl sites for hydroxylation is 2. The molecule has 1 amide bonds. The Hall–Kier alpha value is -2.91. The fourth-order valence-corrected chi connectivity index (χ4v) is 2.83. The molecular weight excluding hydrogens is 385 g/mol. The Kier molecular flexibility index (Phi) is 5.38. The molecule has 0 unspecified atom stereocenters. The van der Waals surface area contributed by atoms with E-state index in [0.29, 0.717) is 24.0 Å². The number of nitrogens with zero attached hydrogens (tertiary/aromatic N) is 5. The van der Waals surface area contributed by atoms with Gasteiger partial charge in [-0.3, -0.25) is 9.48 Å². The van der Waals surface area contributed by atoms with Crippen molar-refractivity contribution in [3.63, 3.8) is 0 Å². The maximum atomic E-state index is 13.5. The average Bonchev–Trinajstić information content (AvgIpc) is 3.22. The molecule has 0 aliphatic rings. The van der Waals surface area contributed by atoms with Crippen LogP contribution in [0.15, 0.2) is 24.4 Å². The number of carbonyl (C=O) groups excluding carboxylic acids is 1. The van der Waals surface area contributed by atoms with Gasteiger partial charge >= 0.3 is 6.18 Å². The molecule has 0 aliphatic carbocycles. The number of aromatic nitrogens is 5. The van der Waals surface area contributed by atoms with Gasteiger partial charge in [0.25, 0.3) is 5.91 Å². The van der Waals surface area contributed by atoms with Gasteiger partial charge in [0.2, 0.25) is 0 Å². The third-order valence-electron chi connectivity index (χ3n) is 4.48. The number of nitrogens with one attached hydrogen (secondary N) is 1. The summed E-state index contributed by atoms with van der Waals surface area (Å²) in [5, 5.41) is 10.7. The number of fused-ring (bicyclic) bond motifs is 1. The zero-order valence-corrected chi connectivity index (χ0v) is 16.7. The van der Waals surface area contributed by atoms with Crippen LogP contribution in [-0.2, 0) is 18.1 Å². The molecule has 0 spiro atoms. The fourth-order valence-electron chi connectivity index (χ4n) is 2.83. The molecule has 3 aromatic rings. The van der Waals surface area contributed by atoms with Crippen LogP contribution < -0.4 is 5.32 Å². The van der Waals surface area contributed by atoms with Crippen LogP contribution in [0.4, 0.5) is 13.2 Å². The molecule has 3 heterocycles. The molecule has 0 atom stereocenters. The van der Waals surface area contributed by atoms with Gasteiger partial charge in [0.1, 0.15) is 5.69 Å². The fraction of sp³-hybridized carbons (Fsp3) is 0.474. The SMILES string of the molecule is Cc1ccnn1CCCNC(=O)c1cc2nc(C(C)(C)C)cc(C(F)(F)F)n2n1. The molecule has 0 saturated heterocycles. The molecule has 0 bridgehead atoms. The van der Waals surface area contributed by atoms with Gasteiger partial charge < -0.3 is 5.32 Å². The molecule has 3 aromatic heterocycles. The lowest BCUT2D eigenvalue weighted by atomic mass is 9.91. The minimum Gasteiger partial charge on any atom is -0.351 e. The molecule has 10 heteroatoms. The zero-order chi connectivity index (χ0) is 21.4. The van der Waals surface area contributed by atoms with Crippen molar-refractivity contribution in [2.75, 3.05) is 6.54 Å². The van der Waals surface area contributed by atoms with Gasteiger partial charge in [0.15, 0.2) is 11.3 Å². The summed E-state index contributed by atoms with van der Waals surface area (Å²) >= 11 is 0. The molecule has 156 valence electrons. The number of halogens is 3. The van der Waals surface area contributed by atoms with Crippen molar-refractivity contribution in [3.05, 3.63) is 47.2 Å². The Bertz CT molecular complexity index is 1030. The Morgan fingerprint density at radius 2 is 1.93 bits per heavy atom. The molecule has 1 N–H and O–H groups in total. The van der Waals surface area contributed by atoms with Crippen molar-refractivity contribution in [2.45, 2.75) is 52.3 Å². The summed E-state index contributed by atoms with van der Waals surface area (Å²) in [6, 6.07) is 4.14. The van der Waals surface area contributed by atoms with E-state index >= 15 is 0 Å². The molecule has 29 heavy (non-hydrogen) atoms. The lowest BCUT2D eigenvalue weighted by Gasteiger charge is -2.19. The lowest BCUT2D eigenvalue weighted by Crippen LogP contribution is -2.26.